The molecular weight excluding hydrogens is 202 g/mol. The van der Waals surface area contributed by atoms with E-state index in [9.17, 15) is 0 Å². The molecule has 0 saturated carbocycles. The fourth-order valence-corrected chi connectivity index (χ4v) is 2.34. The van der Waals surface area contributed by atoms with Gasteiger partial charge in [-0.05, 0) is 31.7 Å². The summed E-state index contributed by atoms with van der Waals surface area (Å²) in [5.74, 6) is 0.943. The summed E-state index contributed by atoms with van der Waals surface area (Å²) >= 11 is 0. The van der Waals surface area contributed by atoms with Gasteiger partial charge in [0.2, 0.25) is 0 Å². The van der Waals surface area contributed by atoms with Crippen molar-refractivity contribution in [3.05, 3.63) is 18.3 Å². The molecule has 1 unspecified atom stereocenters. The van der Waals surface area contributed by atoms with E-state index in [4.69, 9.17) is 10.8 Å². The van der Waals surface area contributed by atoms with Crippen molar-refractivity contribution in [3.63, 3.8) is 0 Å². The third-order valence-corrected chi connectivity index (χ3v) is 3.15. The summed E-state index contributed by atoms with van der Waals surface area (Å²) in [6, 6.07) is 4.12. The summed E-state index contributed by atoms with van der Waals surface area (Å²) in [4.78, 5) is 6.63. The summed E-state index contributed by atoms with van der Waals surface area (Å²) in [6.07, 6.45) is 6.13. The maximum Gasteiger partial charge on any atom is 0.130 e. The van der Waals surface area contributed by atoms with Crippen LogP contribution in [0.2, 0.25) is 0 Å². The second-order valence-electron chi connectivity index (χ2n) is 4.30. The Labute approximate surface area is 96.1 Å². The first kappa shape index (κ1) is 11.2. The van der Waals surface area contributed by atoms with Crippen LogP contribution in [0.5, 0.6) is 0 Å². The van der Waals surface area contributed by atoms with Gasteiger partial charge >= 0.3 is 0 Å². The second kappa shape index (κ2) is 5.16. The van der Waals surface area contributed by atoms with Gasteiger partial charge in [0.1, 0.15) is 5.82 Å². The number of nitrogens with zero attached hydrogens (tertiary/aromatic N) is 2. The lowest BCUT2D eigenvalue weighted by atomic mass is 9.99. The molecule has 4 nitrogen and oxygen atoms in total. The monoisotopic (exact) mass is 221 g/mol. The van der Waals surface area contributed by atoms with Crippen LogP contribution in [0, 0.1) is 0 Å². The summed E-state index contributed by atoms with van der Waals surface area (Å²) in [6.45, 7) is 1.25. The Kier molecular flexibility index (Phi) is 3.62. The second-order valence-corrected chi connectivity index (χ2v) is 4.30. The van der Waals surface area contributed by atoms with Gasteiger partial charge in [-0.15, -0.1) is 0 Å². The number of hydrogen-bond donors (Lipinski definition) is 2. The van der Waals surface area contributed by atoms with Crippen LogP contribution in [-0.4, -0.2) is 29.3 Å². The van der Waals surface area contributed by atoms with E-state index in [0.717, 1.165) is 30.9 Å². The zero-order valence-electron chi connectivity index (χ0n) is 9.47. The SMILES string of the molecule is Nc1ccnc(N2CCCCC2CCO)c1. The highest BCUT2D eigenvalue weighted by Gasteiger charge is 2.22. The van der Waals surface area contributed by atoms with Crippen molar-refractivity contribution in [2.24, 2.45) is 0 Å². The van der Waals surface area contributed by atoms with Crippen LogP contribution in [0.3, 0.4) is 0 Å². The Bertz CT molecular complexity index is 341. The highest BCUT2D eigenvalue weighted by atomic mass is 16.3. The summed E-state index contributed by atoms with van der Waals surface area (Å²) in [5.41, 5.74) is 6.52. The van der Waals surface area contributed by atoms with Crippen molar-refractivity contribution in [2.45, 2.75) is 31.7 Å². The molecule has 4 heteroatoms. The lowest BCUT2D eigenvalue weighted by molar-refractivity contribution is 0.262. The van der Waals surface area contributed by atoms with E-state index >= 15 is 0 Å². The van der Waals surface area contributed by atoms with Gasteiger partial charge in [-0.3, -0.25) is 0 Å². The molecule has 0 aliphatic carbocycles. The van der Waals surface area contributed by atoms with Crippen LogP contribution in [-0.2, 0) is 0 Å². The number of pyridine rings is 1. The number of piperidine rings is 1. The summed E-state index contributed by atoms with van der Waals surface area (Å²) < 4.78 is 0. The van der Waals surface area contributed by atoms with Crippen molar-refractivity contribution in [1.29, 1.82) is 0 Å². The average Bonchev–Trinajstić information content (AvgIpc) is 2.30. The van der Waals surface area contributed by atoms with Gasteiger partial charge in [0.05, 0.1) is 0 Å². The van der Waals surface area contributed by atoms with E-state index in [1.54, 1.807) is 12.3 Å². The summed E-state index contributed by atoms with van der Waals surface area (Å²) in [7, 11) is 0. The largest absolute Gasteiger partial charge is 0.399 e. The van der Waals surface area contributed by atoms with E-state index in [-0.39, 0.29) is 6.61 Å². The number of anilines is 2. The molecule has 0 amide bonds. The lowest BCUT2D eigenvalue weighted by Gasteiger charge is -2.36. The molecule has 1 atom stereocenters. The van der Waals surface area contributed by atoms with Crippen molar-refractivity contribution >= 4 is 11.5 Å². The van der Waals surface area contributed by atoms with Gasteiger partial charge in [0.15, 0.2) is 0 Å². The van der Waals surface area contributed by atoms with E-state index in [1.165, 1.54) is 12.8 Å². The van der Waals surface area contributed by atoms with Gasteiger partial charge < -0.3 is 15.7 Å². The maximum absolute atomic E-state index is 9.07. The van der Waals surface area contributed by atoms with E-state index < -0.39 is 0 Å². The number of aromatic nitrogens is 1. The van der Waals surface area contributed by atoms with Crippen LogP contribution in [0.15, 0.2) is 18.3 Å². The van der Waals surface area contributed by atoms with Crippen molar-refractivity contribution < 1.29 is 5.11 Å². The Morgan fingerprint density at radius 1 is 1.50 bits per heavy atom. The van der Waals surface area contributed by atoms with Crippen molar-refractivity contribution in [1.82, 2.24) is 4.98 Å². The van der Waals surface area contributed by atoms with Crippen LogP contribution in [0.4, 0.5) is 11.5 Å². The molecule has 3 N–H and O–H groups in total. The minimum absolute atomic E-state index is 0.240. The van der Waals surface area contributed by atoms with Gasteiger partial charge in [-0.1, -0.05) is 0 Å². The first-order chi connectivity index (χ1) is 7.81. The zero-order chi connectivity index (χ0) is 11.4. The van der Waals surface area contributed by atoms with Crippen LogP contribution < -0.4 is 10.6 Å². The van der Waals surface area contributed by atoms with E-state index in [0.29, 0.717) is 6.04 Å². The average molecular weight is 221 g/mol. The highest BCUT2D eigenvalue weighted by Crippen LogP contribution is 2.25. The molecule has 1 aromatic heterocycles. The molecule has 1 aromatic rings. The predicted octanol–water partition coefficient (Wildman–Crippen LogP) is 1.41. The van der Waals surface area contributed by atoms with Gasteiger partial charge in [0, 0.05) is 37.1 Å². The van der Waals surface area contributed by atoms with Gasteiger partial charge in [-0.2, -0.15) is 0 Å². The lowest BCUT2D eigenvalue weighted by Crippen LogP contribution is -2.40. The number of nitrogens with two attached hydrogens (primary N) is 1. The van der Waals surface area contributed by atoms with Gasteiger partial charge in [-0.25, -0.2) is 4.98 Å². The van der Waals surface area contributed by atoms with E-state index in [1.807, 2.05) is 6.07 Å². The smallest absolute Gasteiger partial charge is 0.130 e. The number of rotatable bonds is 3. The molecule has 1 aliphatic heterocycles. The first-order valence-electron chi connectivity index (χ1n) is 5.90. The Hall–Kier alpha value is -1.29. The molecular formula is C12H19N3O. The quantitative estimate of drug-likeness (QED) is 0.810. The van der Waals surface area contributed by atoms with Crippen LogP contribution >= 0.6 is 0 Å². The molecule has 0 bridgehead atoms. The molecule has 0 aromatic carbocycles. The standard InChI is InChI=1S/C12H19N3O/c13-10-4-6-14-12(9-10)15-7-2-1-3-11(15)5-8-16/h4,6,9,11,16H,1-3,5,7-8H2,(H2,13,14). The molecule has 0 spiro atoms. The topological polar surface area (TPSA) is 62.4 Å². The number of hydrogen-bond acceptors (Lipinski definition) is 4. The Balaban J connectivity index is 2.16. The normalized spacial score (nSPS) is 21.1. The van der Waals surface area contributed by atoms with Gasteiger partial charge in [0.25, 0.3) is 0 Å². The van der Waals surface area contributed by atoms with Crippen molar-refractivity contribution in [2.75, 3.05) is 23.8 Å². The minimum atomic E-state index is 0.240. The Morgan fingerprint density at radius 2 is 2.38 bits per heavy atom. The van der Waals surface area contributed by atoms with E-state index in [2.05, 4.69) is 9.88 Å². The zero-order valence-corrected chi connectivity index (χ0v) is 9.47. The maximum atomic E-state index is 9.07. The van der Waals surface area contributed by atoms with Crippen LogP contribution in [0.1, 0.15) is 25.7 Å². The number of aliphatic hydroxyl groups excluding tert-OH is 1. The molecule has 88 valence electrons. The fourth-order valence-electron chi connectivity index (χ4n) is 2.34. The molecule has 16 heavy (non-hydrogen) atoms. The molecule has 0 radical (unpaired) electrons. The molecule has 1 saturated heterocycles. The molecule has 2 rings (SSSR count). The fraction of sp³-hybridized carbons (Fsp3) is 0.583. The summed E-state index contributed by atoms with van der Waals surface area (Å²) in [5, 5.41) is 9.07. The molecule has 2 heterocycles. The molecule has 1 fully saturated rings. The third kappa shape index (κ3) is 2.44. The third-order valence-electron chi connectivity index (χ3n) is 3.15. The van der Waals surface area contributed by atoms with Crippen LogP contribution in [0.25, 0.3) is 0 Å². The minimum Gasteiger partial charge on any atom is -0.399 e. The number of nitrogen functional groups attached to an aromatic ring is 1. The number of aliphatic hydroxyl groups is 1. The Morgan fingerprint density at radius 3 is 3.12 bits per heavy atom. The molecule has 1 aliphatic rings. The first-order valence-corrected chi connectivity index (χ1v) is 5.90. The predicted molar refractivity (Wildman–Crippen MR) is 65.3 cm³/mol. The van der Waals surface area contributed by atoms with Crippen molar-refractivity contribution in [3.8, 4) is 0 Å². The highest BCUT2D eigenvalue weighted by molar-refractivity contribution is 5.51.